The highest BCUT2D eigenvalue weighted by Crippen LogP contribution is 2.25. The van der Waals surface area contributed by atoms with Gasteiger partial charge in [-0.3, -0.25) is 4.79 Å². The zero-order chi connectivity index (χ0) is 27.1. The number of unbranched alkanes of at least 4 members (excludes halogenated alkanes) is 9. The number of carbonyl (C=O) groups excluding carboxylic acids is 1. The number of rotatable bonds is 16. The van der Waals surface area contributed by atoms with Gasteiger partial charge in [0.15, 0.2) is 0 Å². The van der Waals surface area contributed by atoms with Gasteiger partial charge in [0, 0.05) is 12.2 Å². The minimum absolute atomic E-state index is 0.0194. The summed E-state index contributed by atoms with van der Waals surface area (Å²) in [6.07, 6.45) is 12.6. The van der Waals surface area contributed by atoms with E-state index in [4.69, 9.17) is 14.2 Å². The van der Waals surface area contributed by atoms with Crippen LogP contribution in [-0.4, -0.2) is 31.9 Å². The number of carbonyl (C=O) groups is 1. The Bertz CT molecular complexity index is 822. The lowest BCUT2D eigenvalue weighted by Gasteiger charge is -2.08. The van der Waals surface area contributed by atoms with Gasteiger partial charge in [0.25, 0.3) is 0 Å². The Labute approximate surface area is 224 Å². The molecular weight excluding hydrogens is 467 g/mol. The summed E-state index contributed by atoms with van der Waals surface area (Å²) < 4.78 is 30.2. The molecule has 0 aromatic heterocycles. The monoisotopic (exact) mass is 516 g/mol. The van der Waals surface area contributed by atoms with Crippen molar-refractivity contribution < 1.29 is 23.4 Å². The van der Waals surface area contributed by atoms with Crippen molar-refractivity contribution in [3.63, 3.8) is 0 Å². The average Bonchev–Trinajstić information content (AvgIpc) is 3.36. The summed E-state index contributed by atoms with van der Waals surface area (Å²) in [5, 5.41) is 0. The van der Waals surface area contributed by atoms with Crippen LogP contribution in [-0.2, 0) is 14.3 Å². The molecule has 1 heterocycles. The van der Waals surface area contributed by atoms with Gasteiger partial charge >= 0.3 is 5.97 Å². The van der Waals surface area contributed by atoms with E-state index in [9.17, 15) is 9.18 Å². The molecule has 1 aliphatic rings. The van der Waals surface area contributed by atoms with E-state index in [1.165, 1.54) is 57.4 Å². The number of halogens is 1. The number of ether oxygens (including phenoxy) is 3. The quantitative estimate of drug-likeness (QED) is 0.165. The van der Waals surface area contributed by atoms with E-state index in [0.29, 0.717) is 18.6 Å². The summed E-state index contributed by atoms with van der Waals surface area (Å²) in [5.74, 6) is 0.497. The maximum atomic E-state index is 13.9. The number of esters is 1. The minimum atomic E-state index is -0.203. The standard InChI is InChI=1S/C28H37FO4.2C2H6/c29-27-14-10-9-13-26(27)23-15-17-24(18-16-23)31-19-11-7-5-3-1-2-4-6-8-12-20-32-25-21-28(30)33-22-25;2*1-2/h9-10,13-18,25H,1-8,11-12,19-22H2;2*1-2H3. The summed E-state index contributed by atoms with van der Waals surface area (Å²) in [7, 11) is 0. The third kappa shape index (κ3) is 14.2. The predicted octanol–water partition coefficient (Wildman–Crippen LogP) is 9.16. The molecule has 1 atom stereocenters. The second-order valence-electron chi connectivity index (χ2n) is 8.77. The van der Waals surface area contributed by atoms with Crippen LogP contribution in [0.25, 0.3) is 11.1 Å². The van der Waals surface area contributed by atoms with Crippen molar-refractivity contribution in [1.82, 2.24) is 0 Å². The zero-order valence-electron chi connectivity index (χ0n) is 23.6. The molecule has 0 amide bonds. The lowest BCUT2D eigenvalue weighted by Crippen LogP contribution is -2.13. The predicted molar refractivity (Wildman–Crippen MR) is 152 cm³/mol. The third-order valence-corrected chi connectivity index (χ3v) is 6.02. The van der Waals surface area contributed by atoms with Crippen molar-refractivity contribution >= 4 is 5.97 Å². The Morgan fingerprint density at radius 1 is 0.757 bits per heavy atom. The van der Waals surface area contributed by atoms with Crippen LogP contribution in [0.4, 0.5) is 4.39 Å². The SMILES string of the molecule is CC.CC.O=C1CC(OCCCCCCCCCCCCOc2ccc(-c3ccccc3F)cc2)CO1. The van der Waals surface area contributed by atoms with E-state index in [1.54, 1.807) is 12.1 Å². The molecule has 1 fully saturated rings. The summed E-state index contributed by atoms with van der Waals surface area (Å²) in [6, 6.07) is 14.5. The van der Waals surface area contributed by atoms with Crippen molar-refractivity contribution in [3.05, 3.63) is 54.3 Å². The van der Waals surface area contributed by atoms with E-state index in [-0.39, 0.29) is 17.9 Å². The summed E-state index contributed by atoms with van der Waals surface area (Å²) in [5.41, 5.74) is 1.48. The summed E-state index contributed by atoms with van der Waals surface area (Å²) in [6.45, 7) is 9.89. The van der Waals surface area contributed by atoms with Crippen LogP contribution in [0.2, 0.25) is 0 Å². The van der Waals surface area contributed by atoms with Crippen LogP contribution in [0.15, 0.2) is 48.5 Å². The van der Waals surface area contributed by atoms with Gasteiger partial charge in [-0.1, -0.05) is 109 Å². The van der Waals surface area contributed by atoms with Crippen molar-refractivity contribution in [2.45, 2.75) is 104 Å². The number of benzene rings is 2. The van der Waals surface area contributed by atoms with Crippen LogP contribution in [0.3, 0.4) is 0 Å². The Balaban J connectivity index is 0.00000163. The van der Waals surface area contributed by atoms with Gasteiger partial charge in [-0.15, -0.1) is 0 Å². The van der Waals surface area contributed by atoms with Crippen LogP contribution >= 0.6 is 0 Å². The number of hydrogen-bond acceptors (Lipinski definition) is 4. The molecule has 1 saturated heterocycles. The zero-order valence-corrected chi connectivity index (χ0v) is 23.6. The molecule has 0 N–H and O–H groups in total. The highest BCUT2D eigenvalue weighted by atomic mass is 19.1. The molecule has 2 aromatic carbocycles. The Kier molecular flexibility index (Phi) is 19.1. The molecule has 3 rings (SSSR count). The van der Waals surface area contributed by atoms with Crippen LogP contribution in [0.1, 0.15) is 98.3 Å². The fourth-order valence-corrected chi connectivity index (χ4v) is 4.08. The fraction of sp³-hybridized carbons (Fsp3) is 0.594. The Morgan fingerprint density at radius 3 is 1.84 bits per heavy atom. The number of cyclic esters (lactones) is 1. The molecule has 0 bridgehead atoms. The van der Waals surface area contributed by atoms with Gasteiger partial charge < -0.3 is 14.2 Å². The lowest BCUT2D eigenvalue weighted by atomic mass is 10.1. The first kappa shape index (κ1) is 32.6. The van der Waals surface area contributed by atoms with E-state index in [0.717, 1.165) is 37.4 Å². The Hall–Kier alpha value is -2.40. The largest absolute Gasteiger partial charge is 0.494 e. The highest BCUT2D eigenvalue weighted by molar-refractivity contribution is 5.71. The molecule has 208 valence electrons. The topological polar surface area (TPSA) is 44.8 Å². The molecule has 4 nitrogen and oxygen atoms in total. The van der Waals surface area contributed by atoms with Crippen molar-refractivity contribution in [1.29, 1.82) is 0 Å². The molecule has 0 spiro atoms. The van der Waals surface area contributed by atoms with Crippen LogP contribution in [0.5, 0.6) is 5.75 Å². The maximum absolute atomic E-state index is 13.9. The molecule has 0 saturated carbocycles. The summed E-state index contributed by atoms with van der Waals surface area (Å²) >= 11 is 0. The Morgan fingerprint density at radius 2 is 1.30 bits per heavy atom. The van der Waals surface area contributed by atoms with Crippen LogP contribution < -0.4 is 4.74 Å². The molecule has 1 aliphatic heterocycles. The molecular formula is C32H49FO4. The maximum Gasteiger partial charge on any atom is 0.308 e. The first-order chi connectivity index (χ1) is 18.2. The smallest absolute Gasteiger partial charge is 0.308 e. The van der Waals surface area contributed by atoms with Crippen molar-refractivity contribution in [2.75, 3.05) is 19.8 Å². The first-order valence-electron chi connectivity index (χ1n) is 14.5. The lowest BCUT2D eigenvalue weighted by molar-refractivity contribution is -0.137. The summed E-state index contributed by atoms with van der Waals surface area (Å²) in [4.78, 5) is 11.0. The van der Waals surface area contributed by atoms with E-state index >= 15 is 0 Å². The third-order valence-electron chi connectivity index (χ3n) is 6.02. The van der Waals surface area contributed by atoms with Gasteiger partial charge in [-0.05, 0) is 36.6 Å². The van der Waals surface area contributed by atoms with Crippen molar-refractivity contribution in [2.24, 2.45) is 0 Å². The van der Waals surface area contributed by atoms with Gasteiger partial charge in [-0.2, -0.15) is 0 Å². The van der Waals surface area contributed by atoms with Crippen LogP contribution in [0, 0.1) is 5.82 Å². The second kappa shape index (κ2) is 21.7. The normalized spacial score (nSPS) is 14.2. The van der Waals surface area contributed by atoms with Gasteiger partial charge in [0.2, 0.25) is 0 Å². The van der Waals surface area contributed by atoms with Gasteiger partial charge in [-0.25, -0.2) is 4.39 Å². The van der Waals surface area contributed by atoms with E-state index in [1.807, 2.05) is 58.0 Å². The molecule has 2 aromatic rings. The molecule has 0 radical (unpaired) electrons. The minimum Gasteiger partial charge on any atom is -0.494 e. The average molecular weight is 517 g/mol. The van der Waals surface area contributed by atoms with E-state index < -0.39 is 0 Å². The van der Waals surface area contributed by atoms with Gasteiger partial charge in [0.05, 0.1) is 13.0 Å². The molecule has 0 aliphatic carbocycles. The molecule has 37 heavy (non-hydrogen) atoms. The molecule has 5 heteroatoms. The van der Waals surface area contributed by atoms with Crippen molar-refractivity contribution in [3.8, 4) is 16.9 Å². The fourth-order valence-electron chi connectivity index (χ4n) is 4.08. The highest BCUT2D eigenvalue weighted by Gasteiger charge is 2.23. The second-order valence-corrected chi connectivity index (χ2v) is 8.77. The first-order valence-corrected chi connectivity index (χ1v) is 14.5. The van der Waals surface area contributed by atoms with E-state index in [2.05, 4.69) is 0 Å². The molecule has 1 unspecified atom stereocenters. The van der Waals surface area contributed by atoms with Gasteiger partial charge in [0.1, 0.15) is 24.3 Å². The number of hydrogen-bond donors (Lipinski definition) is 0.